The number of carbonyl (C=O) groups excluding carboxylic acids is 2. The van der Waals surface area contributed by atoms with E-state index < -0.39 is 21.9 Å². The van der Waals surface area contributed by atoms with Gasteiger partial charge in [0.15, 0.2) is 0 Å². The summed E-state index contributed by atoms with van der Waals surface area (Å²) in [6, 6.07) is 6.99. The zero-order chi connectivity index (χ0) is 21.7. The van der Waals surface area contributed by atoms with E-state index in [9.17, 15) is 18.0 Å². The highest BCUT2D eigenvalue weighted by Crippen LogP contribution is 2.27. The van der Waals surface area contributed by atoms with Crippen LogP contribution in [0.25, 0.3) is 4.72 Å². The molecular formula is C18H18N5O6S-. The first-order valence-electron chi connectivity index (χ1n) is 8.69. The first-order chi connectivity index (χ1) is 14.4. The Hall–Kier alpha value is -3.51. The predicted octanol–water partition coefficient (Wildman–Crippen LogP) is 0.544. The Morgan fingerprint density at radius 3 is 2.53 bits per heavy atom. The number of esters is 1. The highest BCUT2D eigenvalue weighted by Gasteiger charge is 2.34. The van der Waals surface area contributed by atoms with Gasteiger partial charge < -0.3 is 30.0 Å². The molecule has 0 saturated heterocycles. The van der Waals surface area contributed by atoms with Crippen molar-refractivity contribution in [2.45, 2.75) is 4.90 Å². The van der Waals surface area contributed by atoms with Gasteiger partial charge in [0.25, 0.3) is 5.91 Å². The van der Waals surface area contributed by atoms with Gasteiger partial charge in [-0.25, -0.2) is 13.2 Å². The number of hydrogen-bond acceptors (Lipinski definition) is 9. The first-order valence-corrected chi connectivity index (χ1v) is 10.1. The van der Waals surface area contributed by atoms with Gasteiger partial charge in [-0.15, -0.1) is 0 Å². The summed E-state index contributed by atoms with van der Waals surface area (Å²) < 4.78 is 33.0. The van der Waals surface area contributed by atoms with E-state index in [1.807, 2.05) is 0 Å². The lowest BCUT2D eigenvalue weighted by Crippen LogP contribution is -2.31. The van der Waals surface area contributed by atoms with E-state index in [-0.39, 0.29) is 41.8 Å². The lowest BCUT2D eigenvalue weighted by Gasteiger charge is -2.15. The molecule has 1 aromatic heterocycles. The Morgan fingerprint density at radius 1 is 1.27 bits per heavy atom. The molecule has 2 aromatic rings. The van der Waals surface area contributed by atoms with Crippen LogP contribution in [0.15, 0.2) is 58.9 Å². The lowest BCUT2D eigenvalue weighted by atomic mass is 10.2. The zero-order valence-electron chi connectivity index (χ0n) is 15.8. The average Bonchev–Trinajstić information content (AvgIpc) is 3.04. The molecule has 158 valence electrons. The highest BCUT2D eigenvalue weighted by molar-refractivity contribution is 7.94. The van der Waals surface area contributed by atoms with Crippen LogP contribution in [0.1, 0.15) is 0 Å². The van der Waals surface area contributed by atoms with E-state index in [4.69, 9.17) is 9.84 Å². The van der Waals surface area contributed by atoms with Gasteiger partial charge >= 0.3 is 5.97 Å². The maximum absolute atomic E-state index is 12.5. The molecule has 0 fully saturated rings. The third-order valence-corrected chi connectivity index (χ3v) is 5.40. The summed E-state index contributed by atoms with van der Waals surface area (Å²) in [4.78, 5) is 33.2. The van der Waals surface area contributed by atoms with E-state index in [0.29, 0.717) is 5.69 Å². The average molecular weight is 432 g/mol. The molecular weight excluding hydrogens is 414 g/mol. The smallest absolute Gasteiger partial charge is 0.337 e. The molecule has 0 spiro atoms. The topological polar surface area (TPSA) is 153 Å². The molecule has 0 radical (unpaired) electrons. The fourth-order valence-electron chi connectivity index (χ4n) is 2.70. The van der Waals surface area contributed by atoms with E-state index in [0.717, 1.165) is 0 Å². The quantitative estimate of drug-likeness (QED) is 0.569. The minimum atomic E-state index is -4.03. The molecule has 0 bridgehead atoms. The SMILES string of the molecule is COC(=O)C1=C(Nc2ccc(S(=O)(=O)[N-]c3ncccn3)cc2)C(=O)N(CCO)C1. The number of hydrogen-bond donors (Lipinski definition) is 2. The fourth-order valence-corrected chi connectivity index (χ4v) is 3.60. The van der Waals surface area contributed by atoms with Crippen molar-refractivity contribution in [2.24, 2.45) is 0 Å². The van der Waals surface area contributed by atoms with Crippen molar-refractivity contribution in [2.75, 3.05) is 32.1 Å². The molecule has 1 aliphatic heterocycles. The number of rotatable bonds is 8. The maximum Gasteiger partial charge on any atom is 0.337 e. The summed E-state index contributed by atoms with van der Waals surface area (Å²) in [7, 11) is -2.83. The molecule has 0 unspecified atom stereocenters. The second-order valence-corrected chi connectivity index (χ2v) is 7.66. The summed E-state index contributed by atoms with van der Waals surface area (Å²) in [5.74, 6) is -1.34. The van der Waals surface area contributed by atoms with Crippen molar-refractivity contribution < 1.29 is 27.9 Å². The molecule has 0 atom stereocenters. The Balaban J connectivity index is 1.80. The summed E-state index contributed by atoms with van der Waals surface area (Å²) >= 11 is 0. The van der Waals surface area contributed by atoms with Crippen LogP contribution in [0.3, 0.4) is 0 Å². The third-order valence-electron chi connectivity index (χ3n) is 4.13. The normalized spacial score (nSPS) is 14.1. The van der Waals surface area contributed by atoms with Gasteiger partial charge in [-0.1, -0.05) is 6.07 Å². The molecule has 3 rings (SSSR count). The Bertz CT molecular complexity index is 1070. The van der Waals surface area contributed by atoms with Crippen LogP contribution in [0.2, 0.25) is 0 Å². The number of nitrogens with zero attached hydrogens (tertiary/aromatic N) is 4. The molecule has 12 heteroatoms. The van der Waals surface area contributed by atoms with Crippen molar-refractivity contribution in [3.05, 3.63) is 58.7 Å². The molecule has 11 nitrogen and oxygen atoms in total. The number of nitrogens with one attached hydrogen (secondary N) is 1. The highest BCUT2D eigenvalue weighted by atomic mass is 32.2. The van der Waals surface area contributed by atoms with Crippen molar-refractivity contribution in [1.29, 1.82) is 0 Å². The summed E-state index contributed by atoms with van der Waals surface area (Å²) in [6.07, 6.45) is 2.75. The minimum Gasteiger partial charge on any atom is -0.466 e. The van der Waals surface area contributed by atoms with Gasteiger partial charge in [0.05, 0.1) is 30.7 Å². The van der Waals surface area contributed by atoms with E-state index in [2.05, 4.69) is 20.0 Å². The van der Waals surface area contributed by atoms with Crippen LogP contribution in [0.4, 0.5) is 11.6 Å². The fraction of sp³-hybridized carbons (Fsp3) is 0.222. The minimum absolute atomic E-state index is 0.00316. The number of β-amino-alcohol motifs (C(OH)–C–C–N with tert-alkyl or cyclic N) is 1. The molecule has 1 amide bonds. The van der Waals surface area contributed by atoms with E-state index >= 15 is 0 Å². The molecule has 0 aliphatic carbocycles. The molecule has 0 saturated carbocycles. The maximum atomic E-state index is 12.5. The molecule has 1 aliphatic rings. The largest absolute Gasteiger partial charge is 0.466 e. The Morgan fingerprint density at radius 2 is 1.93 bits per heavy atom. The monoisotopic (exact) mass is 432 g/mol. The summed E-state index contributed by atoms with van der Waals surface area (Å²) in [6.45, 7) is -0.198. The van der Waals surface area contributed by atoms with Crippen LogP contribution in [-0.2, 0) is 24.3 Å². The zero-order valence-corrected chi connectivity index (χ0v) is 16.7. The van der Waals surface area contributed by atoms with Gasteiger partial charge in [0.2, 0.25) is 10.0 Å². The summed E-state index contributed by atoms with van der Waals surface area (Å²) in [5, 5.41) is 11.9. The number of benzene rings is 1. The molecule has 1 aromatic carbocycles. The second-order valence-electron chi connectivity index (χ2n) is 6.06. The summed E-state index contributed by atoms with van der Waals surface area (Å²) in [5.41, 5.74) is 0.498. The predicted molar refractivity (Wildman–Crippen MR) is 105 cm³/mol. The number of carbonyl (C=O) groups is 2. The number of amides is 1. The standard InChI is InChI=1S/C18H19N5O6S/c1-29-17(26)14-11-23(9-10-24)16(25)15(14)21-12-3-5-13(6-4-12)30(27,28)22-18-19-7-2-8-20-18/h2-8,24H,9-11H2,1H3,(H2,19,20,21,22,26)/p-1. The first kappa shape index (κ1) is 21.2. The molecule has 2 N–H and O–H groups in total. The van der Waals surface area contributed by atoms with Crippen molar-refractivity contribution in [3.8, 4) is 0 Å². The van der Waals surface area contributed by atoms with Gasteiger partial charge in [0, 0.05) is 18.2 Å². The van der Waals surface area contributed by atoms with Crippen LogP contribution < -0.4 is 5.32 Å². The van der Waals surface area contributed by atoms with Crippen molar-refractivity contribution in [1.82, 2.24) is 14.9 Å². The number of methoxy groups -OCH3 is 1. The van der Waals surface area contributed by atoms with E-state index in [1.54, 1.807) is 0 Å². The number of aliphatic hydroxyl groups is 1. The van der Waals surface area contributed by atoms with Crippen molar-refractivity contribution >= 4 is 33.5 Å². The van der Waals surface area contributed by atoms with Gasteiger partial charge in [-0.3, -0.25) is 9.52 Å². The number of anilines is 1. The van der Waals surface area contributed by atoms with Gasteiger partial charge in [0.1, 0.15) is 5.70 Å². The van der Waals surface area contributed by atoms with Gasteiger partial charge in [-0.2, -0.15) is 0 Å². The van der Waals surface area contributed by atoms with Crippen LogP contribution >= 0.6 is 0 Å². The number of aliphatic hydroxyl groups excluding tert-OH is 1. The molecule has 30 heavy (non-hydrogen) atoms. The second kappa shape index (κ2) is 8.88. The van der Waals surface area contributed by atoms with Crippen LogP contribution in [0, 0.1) is 0 Å². The van der Waals surface area contributed by atoms with Gasteiger partial charge in [-0.05, 0) is 36.7 Å². The molecule has 2 heterocycles. The van der Waals surface area contributed by atoms with Crippen molar-refractivity contribution in [3.63, 3.8) is 0 Å². The Kier molecular flexibility index (Phi) is 6.28. The van der Waals surface area contributed by atoms with E-state index in [1.165, 1.54) is 54.7 Å². The number of aromatic nitrogens is 2. The number of ether oxygens (including phenoxy) is 1. The lowest BCUT2D eigenvalue weighted by molar-refractivity contribution is -0.136. The van der Waals surface area contributed by atoms with Crippen LogP contribution in [-0.4, -0.2) is 67.1 Å². The Labute approximate surface area is 172 Å². The van der Waals surface area contributed by atoms with Crippen LogP contribution in [0.5, 0.6) is 0 Å². The third kappa shape index (κ3) is 4.55. The number of sulfonamides is 1.